The van der Waals surface area contributed by atoms with Crippen LogP contribution in [0.5, 0.6) is 11.5 Å². The molecule has 7 atom stereocenters. The summed E-state index contributed by atoms with van der Waals surface area (Å²) in [6.45, 7) is 7.40. The van der Waals surface area contributed by atoms with Crippen molar-refractivity contribution in [2.45, 2.75) is 87.7 Å². The van der Waals surface area contributed by atoms with E-state index < -0.39 is 11.2 Å². The van der Waals surface area contributed by atoms with Crippen molar-refractivity contribution >= 4 is 0 Å². The maximum Gasteiger partial charge on any atom is 0.165 e. The summed E-state index contributed by atoms with van der Waals surface area (Å²) >= 11 is 0. The van der Waals surface area contributed by atoms with Crippen LogP contribution in [-0.4, -0.2) is 58.2 Å². The van der Waals surface area contributed by atoms with E-state index in [9.17, 15) is 10.2 Å². The number of phenols is 1. The fourth-order valence-electron chi connectivity index (χ4n) is 8.92. The first-order valence-corrected chi connectivity index (χ1v) is 12.4. The number of hydrogen-bond donors (Lipinski definition) is 2. The summed E-state index contributed by atoms with van der Waals surface area (Å²) in [5.41, 5.74) is 0.578. The molecule has 2 heterocycles. The zero-order valence-corrected chi connectivity index (χ0v) is 19.6. The van der Waals surface area contributed by atoms with E-state index >= 15 is 0 Å². The van der Waals surface area contributed by atoms with Crippen LogP contribution in [0.3, 0.4) is 0 Å². The van der Waals surface area contributed by atoms with Crippen molar-refractivity contribution in [2.75, 3.05) is 13.7 Å². The Kier molecular flexibility index (Phi) is 3.56. The molecule has 32 heavy (non-hydrogen) atoms. The van der Waals surface area contributed by atoms with Crippen molar-refractivity contribution in [1.29, 1.82) is 0 Å². The lowest BCUT2D eigenvalue weighted by Gasteiger charge is -2.73. The number of ether oxygens (including phenoxy) is 2. The van der Waals surface area contributed by atoms with Crippen LogP contribution in [0.15, 0.2) is 24.3 Å². The Morgan fingerprint density at radius 1 is 1.22 bits per heavy atom. The highest BCUT2D eigenvalue weighted by Gasteiger charge is 2.80. The number of benzene rings is 1. The van der Waals surface area contributed by atoms with Gasteiger partial charge < -0.3 is 19.7 Å². The van der Waals surface area contributed by atoms with Gasteiger partial charge in [-0.3, -0.25) is 4.90 Å². The van der Waals surface area contributed by atoms with Gasteiger partial charge in [0, 0.05) is 42.6 Å². The number of phenolic OH excluding ortho intramolecular Hbond substituents is 1. The molecule has 7 aliphatic rings. The molecule has 0 amide bonds. The van der Waals surface area contributed by atoms with E-state index in [2.05, 4.69) is 30.0 Å². The number of piperidine rings is 1. The van der Waals surface area contributed by atoms with Gasteiger partial charge in [0.25, 0.3) is 0 Å². The highest BCUT2D eigenvalue weighted by Crippen LogP contribution is 2.76. The smallest absolute Gasteiger partial charge is 0.165 e. The van der Waals surface area contributed by atoms with E-state index in [1.807, 2.05) is 19.9 Å². The zero-order chi connectivity index (χ0) is 22.3. The molecular weight excluding hydrogens is 402 g/mol. The number of methoxy groups -OCH3 is 1. The minimum Gasteiger partial charge on any atom is -0.504 e. The molecule has 1 aromatic carbocycles. The van der Waals surface area contributed by atoms with Crippen LogP contribution in [-0.2, 0) is 16.6 Å². The predicted octanol–water partition coefficient (Wildman–Crippen LogP) is 3.55. The summed E-state index contributed by atoms with van der Waals surface area (Å²) in [7, 11) is 1.76. The lowest BCUT2D eigenvalue weighted by atomic mass is 9.35. The van der Waals surface area contributed by atoms with Gasteiger partial charge in [0.15, 0.2) is 11.5 Å². The van der Waals surface area contributed by atoms with Gasteiger partial charge >= 0.3 is 0 Å². The lowest BCUT2D eigenvalue weighted by Crippen LogP contribution is -2.81. The number of likely N-dealkylation sites (tertiary alicyclic amines) is 1. The van der Waals surface area contributed by atoms with Gasteiger partial charge in [0.05, 0.1) is 11.0 Å². The van der Waals surface area contributed by atoms with Gasteiger partial charge in [-0.15, -0.1) is 0 Å². The van der Waals surface area contributed by atoms with Crippen molar-refractivity contribution < 1.29 is 19.7 Å². The minimum absolute atomic E-state index is 0.0835. The molecule has 172 valence electrons. The summed E-state index contributed by atoms with van der Waals surface area (Å²) in [6, 6.07) is 4.76. The van der Waals surface area contributed by atoms with Gasteiger partial charge in [-0.05, 0) is 70.4 Å². The molecule has 3 fully saturated rings. The SMILES string of the molecule is COC12C=C[C@]3(C[C@@H]1C(C)(C)O)[C@H]1Cc4ccc(O)c5c4[C@@]3(C[C@H](C)N1CC1CC1)[C@H]2O5. The van der Waals surface area contributed by atoms with Gasteiger partial charge in [-0.2, -0.15) is 0 Å². The summed E-state index contributed by atoms with van der Waals surface area (Å²) in [6.07, 6.45) is 10.00. The molecule has 2 saturated carbocycles. The fourth-order valence-corrected chi connectivity index (χ4v) is 8.92. The third kappa shape index (κ3) is 2.00. The number of aromatic hydroxyl groups is 1. The summed E-state index contributed by atoms with van der Waals surface area (Å²) in [5.74, 6) is 1.65. The second kappa shape index (κ2) is 5.73. The standard InChI is InChI=1S/C27H35NO4/c1-15-12-26-21-17-7-8-18(29)22(21)32-23(26)27(31-4)10-9-25(26,13-19(27)24(2,3)30)20(11-17)28(15)14-16-5-6-16/h7-10,15-16,19-20,23,29-30H,5-6,11-14H2,1-4H3/t15-,19+,20+,23+,25-,26-,27?/m0/s1. The van der Waals surface area contributed by atoms with Crippen LogP contribution in [0.25, 0.3) is 0 Å². The monoisotopic (exact) mass is 437 g/mol. The average molecular weight is 438 g/mol. The van der Waals surface area contributed by atoms with Gasteiger partial charge in [-0.1, -0.05) is 18.2 Å². The molecule has 2 N–H and O–H groups in total. The first kappa shape index (κ1) is 19.9. The number of rotatable bonds is 4. The number of aliphatic hydroxyl groups is 1. The van der Waals surface area contributed by atoms with E-state index in [0.29, 0.717) is 17.8 Å². The molecule has 4 bridgehead atoms. The largest absolute Gasteiger partial charge is 0.504 e. The quantitative estimate of drug-likeness (QED) is 0.706. The van der Waals surface area contributed by atoms with Crippen molar-refractivity contribution in [3.63, 3.8) is 0 Å². The van der Waals surface area contributed by atoms with Crippen molar-refractivity contribution in [3.8, 4) is 11.5 Å². The Balaban J connectivity index is 1.53. The molecule has 1 aromatic rings. The molecule has 5 aliphatic carbocycles. The van der Waals surface area contributed by atoms with E-state index in [1.54, 1.807) is 7.11 Å². The topological polar surface area (TPSA) is 62.2 Å². The van der Waals surface area contributed by atoms with Crippen LogP contribution in [0.1, 0.15) is 57.6 Å². The van der Waals surface area contributed by atoms with Gasteiger partial charge in [0.1, 0.15) is 11.7 Å². The summed E-state index contributed by atoms with van der Waals surface area (Å²) < 4.78 is 13.1. The zero-order valence-electron chi connectivity index (χ0n) is 19.6. The fraction of sp³-hybridized carbons (Fsp3) is 0.704. The van der Waals surface area contributed by atoms with Crippen LogP contribution in [0.4, 0.5) is 0 Å². The van der Waals surface area contributed by atoms with E-state index in [0.717, 1.165) is 25.2 Å². The highest BCUT2D eigenvalue weighted by atomic mass is 16.6. The minimum atomic E-state index is -0.906. The normalized spacial score (nSPS) is 45.7. The molecule has 1 saturated heterocycles. The molecule has 5 heteroatoms. The molecule has 2 aliphatic heterocycles. The maximum absolute atomic E-state index is 11.4. The van der Waals surface area contributed by atoms with Crippen LogP contribution >= 0.6 is 0 Å². The molecular formula is C27H35NO4. The molecule has 2 spiro atoms. The Morgan fingerprint density at radius 3 is 2.69 bits per heavy atom. The van der Waals surface area contributed by atoms with Crippen molar-refractivity contribution in [1.82, 2.24) is 4.90 Å². The predicted molar refractivity (Wildman–Crippen MR) is 121 cm³/mol. The number of hydrogen-bond acceptors (Lipinski definition) is 5. The van der Waals surface area contributed by atoms with Crippen LogP contribution < -0.4 is 4.74 Å². The van der Waals surface area contributed by atoms with E-state index in [4.69, 9.17) is 9.47 Å². The molecule has 1 unspecified atom stereocenters. The van der Waals surface area contributed by atoms with Crippen molar-refractivity contribution in [2.24, 2.45) is 17.3 Å². The second-order valence-electron chi connectivity index (χ2n) is 12.2. The first-order valence-electron chi connectivity index (χ1n) is 12.4. The van der Waals surface area contributed by atoms with Gasteiger partial charge in [0.2, 0.25) is 0 Å². The van der Waals surface area contributed by atoms with Crippen LogP contribution in [0, 0.1) is 17.3 Å². The molecule has 8 rings (SSSR count). The van der Waals surface area contributed by atoms with Crippen molar-refractivity contribution in [3.05, 3.63) is 35.4 Å². The summed E-state index contributed by atoms with van der Waals surface area (Å²) in [5, 5.41) is 22.3. The Bertz CT molecular complexity index is 1040. The second-order valence-corrected chi connectivity index (χ2v) is 12.2. The molecule has 5 nitrogen and oxygen atoms in total. The average Bonchev–Trinajstić information content (AvgIpc) is 3.49. The van der Waals surface area contributed by atoms with Crippen LogP contribution in [0.2, 0.25) is 0 Å². The highest BCUT2D eigenvalue weighted by molar-refractivity contribution is 5.65. The third-order valence-corrected chi connectivity index (χ3v) is 10.3. The molecule has 0 aromatic heterocycles. The van der Waals surface area contributed by atoms with Gasteiger partial charge in [-0.25, -0.2) is 0 Å². The first-order chi connectivity index (χ1) is 15.2. The molecule has 0 radical (unpaired) electrons. The number of fused-ring (bicyclic) bond motifs is 1. The Morgan fingerprint density at radius 2 is 2.00 bits per heavy atom. The number of nitrogens with zero attached hydrogens (tertiary/aromatic N) is 1. The Hall–Kier alpha value is -1.56. The Labute approximate surface area is 190 Å². The van der Waals surface area contributed by atoms with E-state index in [1.165, 1.54) is 30.5 Å². The maximum atomic E-state index is 11.4. The lowest BCUT2D eigenvalue weighted by molar-refractivity contribution is -0.250. The van der Waals surface area contributed by atoms with E-state index in [-0.39, 0.29) is 28.6 Å². The third-order valence-electron chi connectivity index (χ3n) is 10.3. The summed E-state index contributed by atoms with van der Waals surface area (Å²) in [4.78, 5) is 2.80.